The maximum atomic E-state index is 13.2. The molecule has 0 atom stereocenters. The first kappa shape index (κ1) is 13.1. The average molecular weight is 281 g/mol. The van der Waals surface area contributed by atoms with Gasteiger partial charge in [0.15, 0.2) is 0 Å². The molecule has 0 aliphatic heterocycles. The van der Waals surface area contributed by atoms with Crippen LogP contribution in [0.5, 0.6) is 0 Å². The zero-order valence-corrected chi connectivity index (χ0v) is 11.0. The van der Waals surface area contributed by atoms with E-state index in [4.69, 9.17) is 23.2 Å². The number of allylic oxidation sites excluding steroid dienone is 1. The lowest BCUT2D eigenvalue weighted by atomic mass is 10.0. The Bertz CT molecular complexity index is 576. The largest absolute Gasteiger partial charge is 0.207 e. The Morgan fingerprint density at radius 1 is 1.11 bits per heavy atom. The molecular formula is C15H11Cl2F. The zero-order chi connectivity index (χ0) is 13.0. The van der Waals surface area contributed by atoms with Gasteiger partial charge in [0.2, 0.25) is 0 Å². The van der Waals surface area contributed by atoms with Crippen molar-refractivity contribution >= 4 is 34.9 Å². The summed E-state index contributed by atoms with van der Waals surface area (Å²) in [7, 11) is 0. The number of benzene rings is 2. The van der Waals surface area contributed by atoms with Gasteiger partial charge in [-0.05, 0) is 47.0 Å². The van der Waals surface area contributed by atoms with Gasteiger partial charge in [0.25, 0.3) is 0 Å². The molecule has 0 heterocycles. The highest BCUT2D eigenvalue weighted by molar-refractivity contribution is 6.30. The molecule has 92 valence electrons. The van der Waals surface area contributed by atoms with Gasteiger partial charge in [-0.3, -0.25) is 0 Å². The van der Waals surface area contributed by atoms with Crippen molar-refractivity contribution in [1.82, 2.24) is 0 Å². The van der Waals surface area contributed by atoms with Gasteiger partial charge in [0.05, 0.1) is 0 Å². The van der Waals surface area contributed by atoms with Crippen molar-refractivity contribution < 1.29 is 4.39 Å². The molecule has 0 aliphatic carbocycles. The summed E-state index contributed by atoms with van der Waals surface area (Å²) in [6, 6.07) is 13.8. The highest BCUT2D eigenvalue weighted by Gasteiger charge is 2.02. The molecule has 2 rings (SSSR count). The molecule has 0 unspecified atom stereocenters. The molecule has 0 saturated carbocycles. The molecule has 0 bridgehead atoms. The van der Waals surface area contributed by atoms with E-state index in [0.29, 0.717) is 10.9 Å². The molecule has 0 nitrogen and oxygen atoms in total. The predicted octanol–water partition coefficient (Wildman–Crippen LogP) is 5.26. The van der Waals surface area contributed by atoms with E-state index in [9.17, 15) is 4.39 Å². The van der Waals surface area contributed by atoms with E-state index in [1.807, 2.05) is 30.3 Å². The Morgan fingerprint density at radius 3 is 2.56 bits per heavy atom. The fourth-order valence-electron chi connectivity index (χ4n) is 1.68. The third kappa shape index (κ3) is 3.34. The minimum Gasteiger partial charge on any atom is -0.207 e. The van der Waals surface area contributed by atoms with Gasteiger partial charge in [-0.15, -0.1) is 11.6 Å². The lowest BCUT2D eigenvalue weighted by molar-refractivity contribution is 0.627. The van der Waals surface area contributed by atoms with Crippen LogP contribution in [0.1, 0.15) is 11.1 Å². The minimum atomic E-state index is -0.269. The maximum absolute atomic E-state index is 13.2. The molecule has 2 aromatic rings. The second-order valence-corrected chi connectivity index (χ2v) is 4.57. The van der Waals surface area contributed by atoms with Gasteiger partial charge in [-0.25, -0.2) is 4.39 Å². The fourth-order valence-corrected chi connectivity index (χ4v) is 2.12. The van der Waals surface area contributed by atoms with Crippen molar-refractivity contribution in [2.45, 2.75) is 0 Å². The van der Waals surface area contributed by atoms with Crippen LogP contribution in [-0.4, -0.2) is 5.88 Å². The Morgan fingerprint density at radius 2 is 1.89 bits per heavy atom. The topological polar surface area (TPSA) is 0 Å². The van der Waals surface area contributed by atoms with Gasteiger partial charge in [-0.1, -0.05) is 35.9 Å². The lowest BCUT2D eigenvalue weighted by Crippen LogP contribution is -1.87. The van der Waals surface area contributed by atoms with E-state index in [1.165, 1.54) is 12.1 Å². The lowest BCUT2D eigenvalue weighted by Gasteiger charge is -2.05. The normalized spacial score (nSPS) is 11.6. The van der Waals surface area contributed by atoms with Crippen LogP contribution in [0.15, 0.2) is 48.5 Å². The van der Waals surface area contributed by atoms with Crippen LogP contribution in [0.2, 0.25) is 5.02 Å². The summed E-state index contributed by atoms with van der Waals surface area (Å²) < 4.78 is 13.2. The SMILES string of the molecule is Fc1cccc(C(=Cc2cccc(Cl)c2)CCl)c1. The highest BCUT2D eigenvalue weighted by Crippen LogP contribution is 2.21. The minimum absolute atomic E-state index is 0.269. The number of rotatable bonds is 3. The smallest absolute Gasteiger partial charge is 0.123 e. The van der Waals surface area contributed by atoms with Crippen molar-refractivity contribution in [2.24, 2.45) is 0 Å². The van der Waals surface area contributed by atoms with Crippen molar-refractivity contribution in [1.29, 1.82) is 0 Å². The predicted molar refractivity (Wildman–Crippen MR) is 76.4 cm³/mol. The highest BCUT2D eigenvalue weighted by atomic mass is 35.5. The summed E-state index contributed by atoms with van der Waals surface area (Å²) in [6.07, 6.45) is 1.91. The zero-order valence-electron chi connectivity index (χ0n) is 9.54. The molecule has 0 spiro atoms. The Labute approximate surface area is 116 Å². The summed E-state index contributed by atoms with van der Waals surface area (Å²) in [5.41, 5.74) is 2.59. The van der Waals surface area contributed by atoms with Crippen LogP contribution in [0.4, 0.5) is 4.39 Å². The van der Waals surface area contributed by atoms with Crippen molar-refractivity contribution in [3.8, 4) is 0 Å². The van der Waals surface area contributed by atoms with E-state index in [0.717, 1.165) is 16.7 Å². The summed E-state index contributed by atoms with van der Waals surface area (Å²) in [4.78, 5) is 0. The first-order chi connectivity index (χ1) is 8.69. The van der Waals surface area contributed by atoms with Crippen molar-refractivity contribution in [3.05, 3.63) is 70.5 Å². The van der Waals surface area contributed by atoms with Gasteiger partial charge in [0, 0.05) is 10.9 Å². The number of hydrogen-bond acceptors (Lipinski definition) is 0. The molecule has 18 heavy (non-hydrogen) atoms. The fraction of sp³-hybridized carbons (Fsp3) is 0.0667. The van der Waals surface area contributed by atoms with Crippen LogP contribution in [-0.2, 0) is 0 Å². The molecule has 2 aromatic carbocycles. The quantitative estimate of drug-likeness (QED) is 0.532. The molecule has 0 amide bonds. The standard InChI is InChI=1S/C15H11Cl2F/c16-10-13(12-4-2-6-15(18)9-12)7-11-3-1-5-14(17)8-11/h1-9H,10H2. The Hall–Kier alpha value is -1.31. The van der Waals surface area contributed by atoms with E-state index in [2.05, 4.69) is 0 Å². The number of halogens is 3. The molecule has 0 N–H and O–H groups in total. The van der Waals surface area contributed by atoms with Gasteiger partial charge in [-0.2, -0.15) is 0 Å². The molecule has 0 saturated heterocycles. The molecule has 0 aliphatic rings. The van der Waals surface area contributed by atoms with E-state index in [-0.39, 0.29) is 5.82 Å². The van der Waals surface area contributed by atoms with Crippen LogP contribution < -0.4 is 0 Å². The first-order valence-electron chi connectivity index (χ1n) is 5.47. The molecule has 0 fully saturated rings. The second kappa shape index (κ2) is 6.03. The molecule has 0 aromatic heterocycles. The third-order valence-electron chi connectivity index (χ3n) is 2.53. The van der Waals surface area contributed by atoms with Gasteiger partial charge >= 0.3 is 0 Å². The number of hydrogen-bond donors (Lipinski definition) is 0. The van der Waals surface area contributed by atoms with E-state index < -0.39 is 0 Å². The Balaban J connectivity index is 2.39. The Kier molecular flexibility index (Phi) is 4.40. The average Bonchev–Trinajstić information content (AvgIpc) is 2.36. The van der Waals surface area contributed by atoms with Crippen LogP contribution >= 0.6 is 23.2 Å². The van der Waals surface area contributed by atoms with Crippen LogP contribution in [0.3, 0.4) is 0 Å². The summed E-state index contributed by atoms with van der Waals surface area (Å²) in [5.74, 6) is 0.0466. The van der Waals surface area contributed by atoms with Crippen molar-refractivity contribution in [3.63, 3.8) is 0 Å². The first-order valence-corrected chi connectivity index (χ1v) is 6.38. The van der Waals surface area contributed by atoms with Gasteiger partial charge < -0.3 is 0 Å². The van der Waals surface area contributed by atoms with E-state index in [1.54, 1.807) is 12.1 Å². The molecule has 0 radical (unpaired) electrons. The monoisotopic (exact) mass is 280 g/mol. The summed E-state index contributed by atoms with van der Waals surface area (Å²) >= 11 is 11.8. The van der Waals surface area contributed by atoms with E-state index >= 15 is 0 Å². The molecular weight excluding hydrogens is 270 g/mol. The van der Waals surface area contributed by atoms with Crippen LogP contribution in [0.25, 0.3) is 11.6 Å². The summed E-state index contributed by atoms with van der Waals surface area (Å²) in [6.45, 7) is 0. The molecule has 3 heteroatoms. The van der Waals surface area contributed by atoms with Crippen LogP contribution in [0, 0.1) is 5.82 Å². The van der Waals surface area contributed by atoms with Gasteiger partial charge in [0.1, 0.15) is 5.82 Å². The third-order valence-corrected chi connectivity index (χ3v) is 3.05. The maximum Gasteiger partial charge on any atom is 0.123 e. The number of alkyl halides is 1. The second-order valence-electron chi connectivity index (χ2n) is 3.87. The summed E-state index contributed by atoms with van der Waals surface area (Å²) in [5, 5.41) is 0.664. The van der Waals surface area contributed by atoms with Crippen molar-refractivity contribution in [2.75, 3.05) is 5.88 Å².